The van der Waals surface area contributed by atoms with Gasteiger partial charge in [0.25, 0.3) is 0 Å². The molecule has 5 rings (SSSR count). The molecule has 1 aromatic heterocycles. The minimum atomic E-state index is 0.383. The van der Waals surface area contributed by atoms with Crippen LogP contribution < -0.4 is 16.0 Å². The molecule has 8 heteroatoms. The fraction of sp³-hybridized carbons (Fsp3) is 0.719. The Hall–Kier alpha value is -1.81. The highest BCUT2D eigenvalue weighted by Gasteiger charge is 2.23. The SMILES string of the molecule is C1=CNC(CN2CCN(Cc3ccccn3)CCN(CC3CCCCN3)CCN(CC3CCCCN3)CC2)C=C1. The third-order valence-electron chi connectivity index (χ3n) is 9.14. The average molecular weight is 551 g/mol. The summed E-state index contributed by atoms with van der Waals surface area (Å²) in [5.74, 6) is 0. The molecule has 4 aliphatic rings. The van der Waals surface area contributed by atoms with Crippen molar-refractivity contribution in [3.05, 3.63) is 54.5 Å². The Kier molecular flexibility index (Phi) is 12.3. The van der Waals surface area contributed by atoms with E-state index in [9.17, 15) is 0 Å². The minimum Gasteiger partial charge on any atom is -0.383 e. The first-order chi connectivity index (χ1) is 19.8. The molecule has 0 spiro atoms. The maximum Gasteiger partial charge on any atom is 0.0569 e. The lowest BCUT2D eigenvalue weighted by atomic mass is 10.0. The maximum atomic E-state index is 4.67. The van der Waals surface area contributed by atoms with Crippen LogP contribution in [-0.4, -0.2) is 128 Å². The molecule has 3 unspecified atom stereocenters. The third kappa shape index (κ3) is 10.2. The van der Waals surface area contributed by atoms with Gasteiger partial charge in [0, 0.05) is 96.8 Å². The molecule has 0 radical (unpaired) electrons. The lowest BCUT2D eigenvalue weighted by Gasteiger charge is -2.38. The Morgan fingerprint density at radius 3 is 1.77 bits per heavy atom. The van der Waals surface area contributed by atoms with Gasteiger partial charge in [-0.05, 0) is 63.2 Å². The van der Waals surface area contributed by atoms with E-state index in [0.29, 0.717) is 18.1 Å². The summed E-state index contributed by atoms with van der Waals surface area (Å²) >= 11 is 0. The van der Waals surface area contributed by atoms with Gasteiger partial charge in [0.2, 0.25) is 0 Å². The number of nitrogens with zero attached hydrogens (tertiary/aromatic N) is 5. The summed E-state index contributed by atoms with van der Waals surface area (Å²) < 4.78 is 0. The average Bonchev–Trinajstić information content (AvgIpc) is 3.00. The van der Waals surface area contributed by atoms with Crippen LogP contribution in [-0.2, 0) is 6.54 Å². The molecule has 5 heterocycles. The van der Waals surface area contributed by atoms with Crippen LogP contribution in [0, 0.1) is 0 Å². The van der Waals surface area contributed by atoms with Gasteiger partial charge in [-0.1, -0.05) is 31.1 Å². The number of hydrogen-bond donors (Lipinski definition) is 3. The molecule has 3 N–H and O–H groups in total. The molecule has 0 saturated carbocycles. The first kappa shape index (κ1) is 29.7. The fourth-order valence-electron chi connectivity index (χ4n) is 6.67. The Balaban J connectivity index is 1.27. The van der Waals surface area contributed by atoms with Crippen molar-refractivity contribution in [2.75, 3.05) is 85.1 Å². The van der Waals surface area contributed by atoms with Gasteiger partial charge >= 0.3 is 0 Å². The van der Waals surface area contributed by atoms with Crippen molar-refractivity contribution in [3.63, 3.8) is 0 Å². The molecule has 1 aromatic rings. The molecule has 3 saturated heterocycles. The summed E-state index contributed by atoms with van der Waals surface area (Å²) in [7, 11) is 0. The van der Waals surface area contributed by atoms with Crippen molar-refractivity contribution in [1.82, 2.24) is 40.5 Å². The van der Waals surface area contributed by atoms with Gasteiger partial charge < -0.3 is 16.0 Å². The smallest absolute Gasteiger partial charge is 0.0569 e. The standard InChI is InChI=1S/C32H54N8/c1-5-13-33-29(9-1)25-37-17-19-38(26-30-10-2-6-14-34-30)21-23-40(28-32-12-4-8-16-36-32)24-22-39(20-18-37)27-31-11-3-7-15-35-31/h1-2,5-6,9-10,13-14,29,31-33,35-36H,3-4,7-8,11-12,15-28H2. The summed E-state index contributed by atoms with van der Waals surface area (Å²) in [5.41, 5.74) is 1.18. The second kappa shape index (κ2) is 16.6. The number of allylic oxidation sites excluding steroid dienone is 2. The highest BCUT2D eigenvalue weighted by atomic mass is 15.3. The number of piperidine rings is 2. The molecular formula is C32H54N8. The lowest BCUT2D eigenvalue weighted by Crippen LogP contribution is -2.52. The first-order valence-corrected chi connectivity index (χ1v) is 16.2. The van der Waals surface area contributed by atoms with E-state index in [-0.39, 0.29) is 0 Å². The normalized spacial score (nSPS) is 28.9. The number of hydrogen-bond acceptors (Lipinski definition) is 8. The van der Waals surface area contributed by atoms with E-state index in [1.165, 1.54) is 70.4 Å². The molecule has 0 aliphatic carbocycles. The van der Waals surface area contributed by atoms with Crippen molar-refractivity contribution >= 4 is 0 Å². The molecular weight excluding hydrogens is 496 g/mol. The fourth-order valence-corrected chi connectivity index (χ4v) is 6.67. The zero-order valence-corrected chi connectivity index (χ0v) is 24.7. The monoisotopic (exact) mass is 550 g/mol. The number of aromatic nitrogens is 1. The summed E-state index contributed by atoms with van der Waals surface area (Å²) in [4.78, 5) is 15.5. The van der Waals surface area contributed by atoms with Crippen molar-refractivity contribution in [1.29, 1.82) is 0 Å². The predicted octanol–water partition coefficient (Wildman–Crippen LogP) is 2.13. The second-order valence-electron chi connectivity index (χ2n) is 12.3. The molecule has 3 fully saturated rings. The molecule has 222 valence electrons. The van der Waals surface area contributed by atoms with Crippen LogP contribution in [0.15, 0.2) is 48.8 Å². The molecule has 0 amide bonds. The summed E-state index contributed by atoms with van der Waals surface area (Å²) in [6.07, 6.45) is 18.6. The topological polar surface area (TPSA) is 61.9 Å². The summed E-state index contributed by atoms with van der Waals surface area (Å²) in [6, 6.07) is 7.99. The number of pyridine rings is 1. The predicted molar refractivity (Wildman–Crippen MR) is 165 cm³/mol. The Labute approximate surface area is 243 Å². The molecule has 3 atom stereocenters. The van der Waals surface area contributed by atoms with E-state index in [2.05, 4.69) is 77.1 Å². The lowest BCUT2D eigenvalue weighted by molar-refractivity contribution is 0.114. The van der Waals surface area contributed by atoms with Gasteiger partial charge in [-0.25, -0.2) is 0 Å². The van der Waals surface area contributed by atoms with E-state index in [1.54, 1.807) is 0 Å². The number of dihydropyridines is 1. The van der Waals surface area contributed by atoms with Gasteiger partial charge in [0.15, 0.2) is 0 Å². The van der Waals surface area contributed by atoms with E-state index in [1.807, 2.05) is 12.3 Å². The summed E-state index contributed by atoms with van der Waals surface area (Å²) in [5, 5.41) is 11.2. The largest absolute Gasteiger partial charge is 0.383 e. The van der Waals surface area contributed by atoms with Crippen molar-refractivity contribution < 1.29 is 0 Å². The van der Waals surface area contributed by atoms with Crippen LogP contribution in [0.4, 0.5) is 0 Å². The van der Waals surface area contributed by atoms with Gasteiger partial charge in [-0.2, -0.15) is 0 Å². The quantitative estimate of drug-likeness (QED) is 0.455. The Morgan fingerprint density at radius 1 is 0.675 bits per heavy atom. The third-order valence-corrected chi connectivity index (χ3v) is 9.14. The molecule has 40 heavy (non-hydrogen) atoms. The van der Waals surface area contributed by atoms with Crippen molar-refractivity contribution in [2.45, 2.75) is 63.2 Å². The maximum absolute atomic E-state index is 4.67. The van der Waals surface area contributed by atoms with Crippen LogP contribution in [0.25, 0.3) is 0 Å². The van der Waals surface area contributed by atoms with Crippen molar-refractivity contribution in [2.24, 2.45) is 0 Å². The van der Waals surface area contributed by atoms with Crippen LogP contribution >= 0.6 is 0 Å². The van der Waals surface area contributed by atoms with Crippen molar-refractivity contribution in [3.8, 4) is 0 Å². The minimum absolute atomic E-state index is 0.383. The van der Waals surface area contributed by atoms with E-state index in [4.69, 9.17) is 0 Å². The number of nitrogens with one attached hydrogen (secondary N) is 3. The van der Waals surface area contributed by atoms with Gasteiger partial charge in [-0.15, -0.1) is 0 Å². The van der Waals surface area contributed by atoms with Gasteiger partial charge in [0.05, 0.1) is 11.7 Å². The van der Waals surface area contributed by atoms with Crippen LogP contribution in [0.5, 0.6) is 0 Å². The molecule has 0 aromatic carbocycles. The highest BCUT2D eigenvalue weighted by Crippen LogP contribution is 2.13. The van der Waals surface area contributed by atoms with Gasteiger partial charge in [-0.3, -0.25) is 24.6 Å². The second-order valence-corrected chi connectivity index (χ2v) is 12.3. The Bertz CT molecular complexity index is 880. The zero-order valence-electron chi connectivity index (χ0n) is 24.7. The molecule has 0 bridgehead atoms. The summed E-state index contributed by atoms with van der Waals surface area (Å²) in [6.45, 7) is 15.6. The van der Waals surface area contributed by atoms with E-state index < -0.39 is 0 Å². The zero-order chi connectivity index (χ0) is 27.2. The van der Waals surface area contributed by atoms with Crippen LogP contribution in [0.3, 0.4) is 0 Å². The highest BCUT2D eigenvalue weighted by molar-refractivity contribution is 5.12. The molecule has 8 nitrogen and oxygen atoms in total. The molecule has 4 aliphatic heterocycles. The Morgan fingerprint density at radius 2 is 1.27 bits per heavy atom. The first-order valence-electron chi connectivity index (χ1n) is 16.2. The number of rotatable bonds is 8. The van der Waals surface area contributed by atoms with Gasteiger partial charge in [0.1, 0.15) is 0 Å². The van der Waals surface area contributed by atoms with Crippen LogP contribution in [0.1, 0.15) is 44.2 Å². The van der Waals surface area contributed by atoms with Crippen LogP contribution in [0.2, 0.25) is 0 Å². The van der Waals surface area contributed by atoms with E-state index in [0.717, 1.165) is 65.4 Å². The van der Waals surface area contributed by atoms with E-state index >= 15 is 0 Å².